The van der Waals surface area contributed by atoms with Crippen molar-refractivity contribution in [1.29, 1.82) is 0 Å². The zero-order chi connectivity index (χ0) is 12.9. The first kappa shape index (κ1) is 14.7. The van der Waals surface area contributed by atoms with Crippen LogP contribution in [0.4, 0.5) is 0 Å². The van der Waals surface area contributed by atoms with Crippen LogP contribution in [0.3, 0.4) is 0 Å². The molecule has 0 aliphatic rings. The Bertz CT molecular complexity index is 329. The number of aryl methyl sites for hydroxylation is 2. The highest BCUT2D eigenvalue weighted by Crippen LogP contribution is 2.24. The summed E-state index contributed by atoms with van der Waals surface area (Å²) in [6.45, 7) is 13.5. The van der Waals surface area contributed by atoms with Crippen molar-refractivity contribution in [2.24, 2.45) is 11.3 Å². The predicted octanol–water partition coefficient (Wildman–Crippen LogP) is 3.66. The van der Waals surface area contributed by atoms with E-state index in [2.05, 4.69) is 44.9 Å². The number of aromatic nitrogens is 1. The van der Waals surface area contributed by atoms with Crippen molar-refractivity contribution in [2.45, 2.75) is 47.5 Å². The van der Waals surface area contributed by atoms with E-state index in [4.69, 9.17) is 0 Å². The largest absolute Gasteiger partial charge is 0.316 e. The molecule has 0 aliphatic carbocycles. The molecule has 0 aliphatic heterocycles. The Labute approximate surface area is 110 Å². The monoisotopic (exact) mass is 254 g/mol. The van der Waals surface area contributed by atoms with E-state index >= 15 is 0 Å². The third-order valence-corrected chi connectivity index (χ3v) is 4.02. The van der Waals surface area contributed by atoms with Crippen LogP contribution >= 0.6 is 11.3 Å². The second-order valence-electron chi connectivity index (χ2n) is 6.05. The fraction of sp³-hybridized carbons (Fsp3) is 0.786. The first-order chi connectivity index (χ1) is 7.91. The summed E-state index contributed by atoms with van der Waals surface area (Å²) in [5.41, 5.74) is 3.53. The van der Waals surface area contributed by atoms with Crippen LogP contribution < -0.4 is 5.32 Å². The molecule has 0 fully saturated rings. The number of nitrogens with one attached hydrogen (secondary N) is 1. The normalized spacial score (nSPS) is 12.4. The second-order valence-corrected chi connectivity index (χ2v) is 6.99. The minimum atomic E-state index is 0.366. The minimum Gasteiger partial charge on any atom is -0.316 e. The van der Waals surface area contributed by atoms with Gasteiger partial charge in [-0.2, -0.15) is 0 Å². The molecule has 0 aromatic carbocycles. The van der Waals surface area contributed by atoms with Gasteiger partial charge in [-0.1, -0.05) is 27.7 Å². The highest BCUT2D eigenvalue weighted by molar-refractivity contribution is 7.09. The second kappa shape index (κ2) is 6.50. The van der Waals surface area contributed by atoms with Crippen LogP contribution in [-0.2, 0) is 6.42 Å². The topological polar surface area (TPSA) is 24.9 Å². The fourth-order valence-corrected chi connectivity index (χ4v) is 2.59. The van der Waals surface area contributed by atoms with E-state index < -0.39 is 0 Å². The average molecular weight is 254 g/mol. The summed E-state index contributed by atoms with van der Waals surface area (Å²) in [5, 5.41) is 3.56. The number of nitrogens with zero attached hydrogens (tertiary/aromatic N) is 1. The molecule has 0 radical (unpaired) electrons. The van der Waals surface area contributed by atoms with Gasteiger partial charge in [-0.3, -0.25) is 0 Å². The zero-order valence-electron chi connectivity index (χ0n) is 11.8. The van der Waals surface area contributed by atoms with Gasteiger partial charge in [-0.05, 0) is 37.6 Å². The molecule has 1 heterocycles. The highest BCUT2D eigenvalue weighted by Gasteiger charge is 2.18. The summed E-state index contributed by atoms with van der Waals surface area (Å²) in [5.74, 6) is 0.731. The van der Waals surface area contributed by atoms with Gasteiger partial charge < -0.3 is 5.32 Å². The summed E-state index contributed by atoms with van der Waals surface area (Å²) >= 11 is 1.79. The Hall–Kier alpha value is -0.410. The standard InChI is InChI=1S/C14H26N2S/c1-11(2)8-15-9-14(4,5)7-6-13-12(3)16-10-17-13/h10-11,15H,6-9H2,1-5H3. The molecule has 1 aromatic heterocycles. The van der Waals surface area contributed by atoms with E-state index in [1.807, 2.05) is 5.51 Å². The van der Waals surface area contributed by atoms with Gasteiger partial charge >= 0.3 is 0 Å². The molecule has 0 bridgehead atoms. The molecule has 1 N–H and O–H groups in total. The van der Waals surface area contributed by atoms with Gasteiger partial charge in [0.2, 0.25) is 0 Å². The summed E-state index contributed by atoms with van der Waals surface area (Å²) in [6, 6.07) is 0. The van der Waals surface area contributed by atoms with Crippen molar-refractivity contribution in [3.05, 3.63) is 16.1 Å². The summed E-state index contributed by atoms with van der Waals surface area (Å²) in [7, 11) is 0. The molecule has 2 nitrogen and oxygen atoms in total. The summed E-state index contributed by atoms with van der Waals surface area (Å²) in [6.07, 6.45) is 2.38. The van der Waals surface area contributed by atoms with Gasteiger partial charge in [0.15, 0.2) is 0 Å². The van der Waals surface area contributed by atoms with Crippen molar-refractivity contribution < 1.29 is 0 Å². The maximum absolute atomic E-state index is 4.31. The Morgan fingerprint density at radius 2 is 2.12 bits per heavy atom. The van der Waals surface area contributed by atoms with Crippen molar-refractivity contribution in [2.75, 3.05) is 13.1 Å². The molecule has 0 atom stereocenters. The van der Waals surface area contributed by atoms with E-state index in [1.54, 1.807) is 11.3 Å². The van der Waals surface area contributed by atoms with E-state index in [9.17, 15) is 0 Å². The number of hydrogen-bond donors (Lipinski definition) is 1. The van der Waals surface area contributed by atoms with Gasteiger partial charge in [0.25, 0.3) is 0 Å². The molecule has 1 aromatic rings. The maximum atomic E-state index is 4.31. The molecule has 0 saturated heterocycles. The van der Waals surface area contributed by atoms with E-state index in [0.29, 0.717) is 5.41 Å². The zero-order valence-corrected chi connectivity index (χ0v) is 12.7. The number of thiazole rings is 1. The Morgan fingerprint density at radius 3 is 2.65 bits per heavy atom. The molecule has 0 amide bonds. The van der Waals surface area contributed by atoms with Crippen LogP contribution in [0.1, 0.15) is 44.7 Å². The molecular weight excluding hydrogens is 228 g/mol. The van der Waals surface area contributed by atoms with Crippen LogP contribution in [0.15, 0.2) is 5.51 Å². The first-order valence-corrected chi connectivity index (χ1v) is 7.38. The summed E-state index contributed by atoms with van der Waals surface area (Å²) in [4.78, 5) is 5.75. The van der Waals surface area contributed by atoms with Crippen LogP contribution in [-0.4, -0.2) is 18.1 Å². The molecule has 1 rings (SSSR count). The third-order valence-electron chi connectivity index (χ3n) is 3.03. The Balaban J connectivity index is 2.31. The van der Waals surface area contributed by atoms with E-state index in [0.717, 1.165) is 25.4 Å². The lowest BCUT2D eigenvalue weighted by molar-refractivity contribution is 0.309. The lowest BCUT2D eigenvalue weighted by atomic mass is 9.87. The number of rotatable bonds is 7. The number of hydrogen-bond acceptors (Lipinski definition) is 3. The van der Waals surface area contributed by atoms with Gasteiger partial charge in [0.1, 0.15) is 0 Å². The van der Waals surface area contributed by atoms with Gasteiger partial charge in [-0.15, -0.1) is 11.3 Å². The lowest BCUT2D eigenvalue weighted by Gasteiger charge is -2.25. The van der Waals surface area contributed by atoms with Crippen LogP contribution in [0.5, 0.6) is 0 Å². The van der Waals surface area contributed by atoms with Crippen molar-refractivity contribution in [3.63, 3.8) is 0 Å². The molecule has 3 heteroatoms. The van der Waals surface area contributed by atoms with Crippen molar-refractivity contribution in [3.8, 4) is 0 Å². The van der Waals surface area contributed by atoms with E-state index in [-0.39, 0.29) is 0 Å². The quantitative estimate of drug-likeness (QED) is 0.803. The molecule has 0 saturated carbocycles. The van der Waals surface area contributed by atoms with E-state index in [1.165, 1.54) is 17.0 Å². The summed E-state index contributed by atoms with van der Waals surface area (Å²) < 4.78 is 0. The van der Waals surface area contributed by atoms with Gasteiger partial charge in [0, 0.05) is 11.4 Å². The maximum Gasteiger partial charge on any atom is 0.0797 e. The lowest BCUT2D eigenvalue weighted by Crippen LogP contribution is -2.32. The van der Waals surface area contributed by atoms with Gasteiger partial charge in [0.05, 0.1) is 11.2 Å². The smallest absolute Gasteiger partial charge is 0.0797 e. The molecule has 0 spiro atoms. The van der Waals surface area contributed by atoms with Crippen LogP contribution in [0.25, 0.3) is 0 Å². The molecule has 17 heavy (non-hydrogen) atoms. The van der Waals surface area contributed by atoms with Crippen molar-refractivity contribution in [1.82, 2.24) is 10.3 Å². The Kier molecular flexibility index (Phi) is 5.60. The van der Waals surface area contributed by atoms with Gasteiger partial charge in [-0.25, -0.2) is 4.98 Å². The van der Waals surface area contributed by atoms with Crippen molar-refractivity contribution >= 4 is 11.3 Å². The Morgan fingerprint density at radius 1 is 1.41 bits per heavy atom. The average Bonchev–Trinajstić information content (AvgIpc) is 2.60. The van der Waals surface area contributed by atoms with Crippen LogP contribution in [0, 0.1) is 18.3 Å². The minimum absolute atomic E-state index is 0.366. The van der Waals surface area contributed by atoms with Crippen LogP contribution in [0.2, 0.25) is 0 Å². The molecule has 98 valence electrons. The SMILES string of the molecule is Cc1ncsc1CCC(C)(C)CNCC(C)C. The fourth-order valence-electron chi connectivity index (χ4n) is 1.81. The predicted molar refractivity (Wildman–Crippen MR) is 76.7 cm³/mol. The third kappa shape index (κ3) is 5.64. The first-order valence-electron chi connectivity index (χ1n) is 6.50. The molecular formula is C14H26N2S. The molecule has 0 unspecified atom stereocenters. The highest BCUT2D eigenvalue weighted by atomic mass is 32.1.